The molecule has 134 valence electrons. The zero-order chi connectivity index (χ0) is 17.9. The number of nitrogens with one attached hydrogen (secondary N) is 1. The fourth-order valence-electron chi connectivity index (χ4n) is 2.86. The second-order valence-electron chi connectivity index (χ2n) is 5.75. The van der Waals surface area contributed by atoms with Crippen LogP contribution in [0.4, 0.5) is 5.69 Å². The lowest BCUT2D eigenvalue weighted by Crippen LogP contribution is -2.60. The predicted octanol–water partition coefficient (Wildman–Crippen LogP) is 4.00. The summed E-state index contributed by atoms with van der Waals surface area (Å²) in [4.78, 5) is 17.3. The molecule has 1 N–H and O–H groups in total. The number of rotatable bonds is 4. The quantitative estimate of drug-likeness (QED) is 0.762. The molecule has 1 aromatic heterocycles. The second-order valence-corrected chi connectivity index (χ2v) is 9.07. The number of amides is 1. The van der Waals surface area contributed by atoms with Crippen molar-refractivity contribution in [3.05, 3.63) is 52.7 Å². The number of nitrogens with zero attached hydrogens (tertiary/aromatic N) is 2. The van der Waals surface area contributed by atoms with E-state index in [1.165, 1.54) is 17.0 Å². The summed E-state index contributed by atoms with van der Waals surface area (Å²) in [6.45, 7) is 2.99. The van der Waals surface area contributed by atoms with Gasteiger partial charge in [-0.1, -0.05) is 59.1 Å². The number of carbonyl (C=O) groups excluding carboxylic acids is 1. The van der Waals surface area contributed by atoms with E-state index in [0.29, 0.717) is 18.0 Å². The highest BCUT2D eigenvalue weighted by Crippen LogP contribution is 2.33. The lowest BCUT2D eigenvalue weighted by Gasteiger charge is -2.42. The number of thiophene rings is 1. The van der Waals surface area contributed by atoms with Crippen molar-refractivity contribution in [2.45, 2.75) is 9.96 Å². The molecule has 25 heavy (non-hydrogen) atoms. The molecular formula is C17H18Cl3N3OS. The summed E-state index contributed by atoms with van der Waals surface area (Å²) in [5, 5.41) is 4.71. The van der Waals surface area contributed by atoms with Gasteiger partial charge in [-0.25, -0.2) is 0 Å². The lowest BCUT2D eigenvalue weighted by molar-refractivity contribution is 0.0845. The fourth-order valence-corrected chi connectivity index (χ4v) is 4.06. The monoisotopic (exact) mass is 417 g/mol. The number of piperazine rings is 1. The molecule has 1 amide bonds. The molecule has 1 aliphatic heterocycles. The highest BCUT2D eigenvalue weighted by Gasteiger charge is 2.39. The van der Waals surface area contributed by atoms with E-state index in [4.69, 9.17) is 34.8 Å². The molecule has 8 heteroatoms. The minimum atomic E-state index is -1.61. The Morgan fingerprint density at radius 2 is 1.72 bits per heavy atom. The zero-order valence-electron chi connectivity index (χ0n) is 13.4. The molecule has 0 bridgehead atoms. The highest BCUT2D eigenvalue weighted by atomic mass is 35.6. The molecule has 0 unspecified atom stereocenters. The van der Waals surface area contributed by atoms with Crippen molar-refractivity contribution < 1.29 is 4.79 Å². The Kier molecular flexibility index (Phi) is 6.12. The van der Waals surface area contributed by atoms with Gasteiger partial charge in [-0.05, 0) is 23.6 Å². The lowest BCUT2D eigenvalue weighted by atomic mass is 10.2. The summed E-state index contributed by atoms with van der Waals surface area (Å²) in [5.74, 6) is -0.225. The first kappa shape index (κ1) is 18.8. The normalized spacial score (nSPS) is 17.3. The number of anilines is 1. The number of carbonyl (C=O) groups is 1. The van der Waals surface area contributed by atoms with E-state index in [-0.39, 0.29) is 5.91 Å². The Balaban J connectivity index is 1.66. The third-order valence-electron chi connectivity index (χ3n) is 4.12. The Hall–Kier alpha value is -0.980. The van der Waals surface area contributed by atoms with Crippen LogP contribution in [0.2, 0.25) is 0 Å². The third kappa shape index (κ3) is 4.80. The standard InChI is InChI=1S/C17H18Cl3N3OS/c18-17(19,20)16(21-15(24)14-7-4-12-25-14)23-10-8-22(9-11-23)13-5-2-1-3-6-13/h1-7,12,16H,8-11H2,(H,21,24)/t16-/m1/s1. The van der Waals surface area contributed by atoms with E-state index in [2.05, 4.69) is 22.3 Å². The van der Waals surface area contributed by atoms with Gasteiger partial charge in [-0.15, -0.1) is 11.3 Å². The van der Waals surface area contributed by atoms with Gasteiger partial charge in [0.15, 0.2) is 0 Å². The first-order valence-corrected chi connectivity index (χ1v) is 9.91. The van der Waals surface area contributed by atoms with Gasteiger partial charge in [0.1, 0.15) is 6.17 Å². The Labute approximate surface area is 166 Å². The first-order valence-electron chi connectivity index (χ1n) is 7.90. The fraction of sp³-hybridized carbons (Fsp3) is 0.353. The van der Waals surface area contributed by atoms with Crippen molar-refractivity contribution in [2.24, 2.45) is 0 Å². The van der Waals surface area contributed by atoms with Gasteiger partial charge >= 0.3 is 0 Å². The van der Waals surface area contributed by atoms with Crippen LogP contribution in [0.25, 0.3) is 0 Å². The Morgan fingerprint density at radius 1 is 1.04 bits per heavy atom. The van der Waals surface area contributed by atoms with E-state index >= 15 is 0 Å². The van der Waals surface area contributed by atoms with Crippen LogP contribution in [0.5, 0.6) is 0 Å². The molecule has 0 radical (unpaired) electrons. The maximum Gasteiger partial charge on any atom is 0.262 e. The molecule has 0 spiro atoms. The maximum absolute atomic E-state index is 12.4. The molecule has 2 aromatic rings. The molecule has 2 heterocycles. The SMILES string of the molecule is O=C(N[C@H](N1CCN(c2ccccc2)CC1)C(Cl)(Cl)Cl)c1cccs1. The highest BCUT2D eigenvalue weighted by molar-refractivity contribution is 7.12. The maximum atomic E-state index is 12.4. The number of para-hydroxylation sites is 1. The van der Waals surface area contributed by atoms with Gasteiger partial charge in [-0.3, -0.25) is 9.69 Å². The minimum Gasteiger partial charge on any atom is -0.369 e. The molecule has 1 aromatic carbocycles. The summed E-state index contributed by atoms with van der Waals surface area (Å²) < 4.78 is -1.61. The molecule has 1 aliphatic rings. The van der Waals surface area contributed by atoms with Gasteiger partial charge in [0, 0.05) is 31.9 Å². The number of hydrogen-bond acceptors (Lipinski definition) is 4. The molecule has 1 saturated heterocycles. The van der Waals surface area contributed by atoms with Crippen LogP contribution in [0.1, 0.15) is 9.67 Å². The Morgan fingerprint density at radius 3 is 2.28 bits per heavy atom. The van der Waals surface area contributed by atoms with Crippen LogP contribution in [-0.4, -0.2) is 46.9 Å². The summed E-state index contributed by atoms with van der Waals surface area (Å²) in [6.07, 6.45) is -0.676. The molecule has 1 atom stereocenters. The van der Waals surface area contributed by atoms with Crippen molar-refractivity contribution in [3.8, 4) is 0 Å². The van der Waals surface area contributed by atoms with Crippen LogP contribution in [-0.2, 0) is 0 Å². The van der Waals surface area contributed by atoms with Crippen LogP contribution in [0, 0.1) is 0 Å². The number of benzene rings is 1. The van der Waals surface area contributed by atoms with E-state index in [0.717, 1.165) is 13.1 Å². The number of hydrogen-bond donors (Lipinski definition) is 1. The summed E-state index contributed by atoms with van der Waals surface area (Å²) in [5.41, 5.74) is 1.18. The molecule has 4 nitrogen and oxygen atoms in total. The topological polar surface area (TPSA) is 35.6 Å². The summed E-state index contributed by atoms with van der Waals surface area (Å²) >= 11 is 19.8. The van der Waals surface area contributed by atoms with Gasteiger partial charge in [0.25, 0.3) is 5.91 Å². The summed E-state index contributed by atoms with van der Waals surface area (Å²) in [7, 11) is 0. The van der Waals surface area contributed by atoms with Crippen molar-refractivity contribution in [3.63, 3.8) is 0 Å². The van der Waals surface area contributed by atoms with Gasteiger partial charge in [0.05, 0.1) is 4.88 Å². The average Bonchev–Trinajstić information content (AvgIpc) is 3.14. The number of halogens is 3. The second kappa shape index (κ2) is 8.14. The van der Waals surface area contributed by atoms with Crippen molar-refractivity contribution in [2.75, 3.05) is 31.1 Å². The number of alkyl halides is 3. The van der Waals surface area contributed by atoms with Crippen molar-refractivity contribution >= 4 is 57.7 Å². The van der Waals surface area contributed by atoms with Gasteiger partial charge in [-0.2, -0.15) is 0 Å². The van der Waals surface area contributed by atoms with E-state index < -0.39 is 9.96 Å². The Bertz CT molecular complexity index is 683. The molecule has 0 saturated carbocycles. The van der Waals surface area contributed by atoms with E-state index in [1.54, 1.807) is 6.07 Å². The smallest absolute Gasteiger partial charge is 0.262 e. The van der Waals surface area contributed by atoms with Crippen LogP contribution in [0.15, 0.2) is 47.8 Å². The van der Waals surface area contributed by atoms with E-state index in [9.17, 15) is 4.79 Å². The zero-order valence-corrected chi connectivity index (χ0v) is 16.5. The first-order chi connectivity index (χ1) is 11.9. The average molecular weight is 419 g/mol. The van der Waals surface area contributed by atoms with Crippen LogP contribution in [0.3, 0.4) is 0 Å². The van der Waals surface area contributed by atoms with E-state index in [1.807, 2.05) is 34.5 Å². The molecule has 1 fully saturated rings. The van der Waals surface area contributed by atoms with Crippen LogP contribution >= 0.6 is 46.1 Å². The minimum absolute atomic E-state index is 0.225. The molecular weight excluding hydrogens is 401 g/mol. The molecule has 3 rings (SSSR count). The largest absolute Gasteiger partial charge is 0.369 e. The predicted molar refractivity (Wildman–Crippen MR) is 106 cm³/mol. The van der Waals surface area contributed by atoms with Crippen molar-refractivity contribution in [1.82, 2.24) is 10.2 Å². The van der Waals surface area contributed by atoms with Crippen molar-refractivity contribution in [1.29, 1.82) is 0 Å². The summed E-state index contributed by atoms with van der Waals surface area (Å²) in [6, 6.07) is 13.8. The third-order valence-corrected chi connectivity index (χ3v) is 5.61. The van der Waals surface area contributed by atoms with Gasteiger partial charge < -0.3 is 10.2 Å². The molecule has 0 aliphatic carbocycles. The van der Waals surface area contributed by atoms with Crippen LogP contribution < -0.4 is 10.2 Å². The van der Waals surface area contributed by atoms with Gasteiger partial charge in [0.2, 0.25) is 3.79 Å².